The molecule has 0 aliphatic rings. The van der Waals surface area contributed by atoms with Gasteiger partial charge in [0.05, 0.1) is 6.54 Å². The van der Waals surface area contributed by atoms with Crippen molar-refractivity contribution in [2.24, 2.45) is 0 Å². The van der Waals surface area contributed by atoms with E-state index in [9.17, 15) is 8.42 Å². The fourth-order valence-electron chi connectivity index (χ4n) is 1.36. The van der Waals surface area contributed by atoms with Crippen LogP contribution in [0, 0.1) is 6.92 Å². The molecule has 0 amide bonds. The number of aromatic nitrogens is 4. The van der Waals surface area contributed by atoms with Crippen molar-refractivity contribution in [2.45, 2.75) is 25.0 Å². The van der Waals surface area contributed by atoms with Crippen LogP contribution in [-0.2, 0) is 23.2 Å². The zero-order valence-electron chi connectivity index (χ0n) is 9.41. The Kier molecular flexibility index (Phi) is 3.41. The quantitative estimate of drug-likeness (QED) is 0.640. The van der Waals surface area contributed by atoms with Gasteiger partial charge in [-0.3, -0.25) is 0 Å². The number of nitrogens with one attached hydrogen (secondary N) is 2. The SMILES string of the molecule is Cc1oc(CO)cc1S(=O)(=O)NCc1nn[nH]n1. The van der Waals surface area contributed by atoms with E-state index in [1.807, 2.05) is 0 Å². The average Bonchev–Trinajstić information content (AvgIpc) is 2.95. The highest BCUT2D eigenvalue weighted by atomic mass is 32.2. The summed E-state index contributed by atoms with van der Waals surface area (Å²) < 4.78 is 31.2. The first-order valence-electron chi connectivity index (χ1n) is 4.95. The van der Waals surface area contributed by atoms with E-state index in [-0.39, 0.29) is 35.4 Å². The summed E-state index contributed by atoms with van der Waals surface area (Å²) in [5, 5.41) is 21.6. The topological polar surface area (TPSA) is 134 Å². The van der Waals surface area contributed by atoms with Gasteiger partial charge in [0.2, 0.25) is 10.0 Å². The van der Waals surface area contributed by atoms with Crippen molar-refractivity contribution in [3.05, 3.63) is 23.4 Å². The third kappa shape index (κ3) is 2.55. The smallest absolute Gasteiger partial charge is 0.244 e. The summed E-state index contributed by atoms with van der Waals surface area (Å²) in [6.07, 6.45) is 0. The van der Waals surface area contributed by atoms with Gasteiger partial charge in [-0.25, -0.2) is 13.1 Å². The van der Waals surface area contributed by atoms with Crippen LogP contribution in [-0.4, -0.2) is 34.1 Å². The Labute approximate surface area is 102 Å². The predicted molar refractivity (Wildman–Crippen MR) is 57.6 cm³/mol. The highest BCUT2D eigenvalue weighted by molar-refractivity contribution is 7.89. The molecule has 0 saturated heterocycles. The number of nitrogens with zero attached hydrogens (tertiary/aromatic N) is 3. The van der Waals surface area contributed by atoms with Crippen molar-refractivity contribution in [1.82, 2.24) is 25.3 Å². The molecule has 2 aromatic rings. The molecule has 10 heteroatoms. The minimum Gasteiger partial charge on any atom is -0.462 e. The second kappa shape index (κ2) is 4.84. The largest absolute Gasteiger partial charge is 0.462 e. The fraction of sp³-hybridized carbons (Fsp3) is 0.375. The molecule has 3 N–H and O–H groups in total. The van der Waals surface area contributed by atoms with E-state index in [0.29, 0.717) is 0 Å². The van der Waals surface area contributed by atoms with Crippen LogP contribution in [0.5, 0.6) is 0 Å². The molecule has 0 spiro atoms. The lowest BCUT2D eigenvalue weighted by molar-refractivity contribution is 0.244. The van der Waals surface area contributed by atoms with Gasteiger partial charge in [-0.2, -0.15) is 5.21 Å². The van der Waals surface area contributed by atoms with Crippen molar-refractivity contribution >= 4 is 10.0 Å². The molecule has 0 atom stereocenters. The fourth-order valence-corrected chi connectivity index (χ4v) is 2.54. The van der Waals surface area contributed by atoms with Crippen molar-refractivity contribution in [3.8, 4) is 0 Å². The van der Waals surface area contributed by atoms with Gasteiger partial charge in [0.1, 0.15) is 23.0 Å². The third-order valence-electron chi connectivity index (χ3n) is 2.18. The van der Waals surface area contributed by atoms with Crippen LogP contribution in [0.3, 0.4) is 0 Å². The summed E-state index contributed by atoms with van der Waals surface area (Å²) in [6.45, 7) is 1.06. The number of aryl methyl sites for hydroxylation is 1. The summed E-state index contributed by atoms with van der Waals surface area (Å²) in [7, 11) is -3.73. The van der Waals surface area contributed by atoms with Crippen molar-refractivity contribution in [1.29, 1.82) is 0 Å². The van der Waals surface area contributed by atoms with Crippen LogP contribution >= 0.6 is 0 Å². The number of sulfonamides is 1. The van der Waals surface area contributed by atoms with Crippen LogP contribution in [0.15, 0.2) is 15.4 Å². The number of furan rings is 1. The van der Waals surface area contributed by atoms with E-state index in [0.717, 1.165) is 0 Å². The number of tetrazole rings is 1. The number of hydrogen-bond acceptors (Lipinski definition) is 7. The minimum atomic E-state index is -3.73. The predicted octanol–water partition coefficient (Wildman–Crippen LogP) is -0.928. The normalized spacial score (nSPS) is 11.9. The van der Waals surface area contributed by atoms with Crippen molar-refractivity contribution in [3.63, 3.8) is 0 Å². The van der Waals surface area contributed by atoms with Gasteiger partial charge >= 0.3 is 0 Å². The minimum absolute atomic E-state index is 0.0185. The molecule has 18 heavy (non-hydrogen) atoms. The Morgan fingerprint density at radius 3 is 2.89 bits per heavy atom. The second-order valence-electron chi connectivity index (χ2n) is 3.44. The standard InChI is InChI=1S/C8H11N5O4S/c1-5-7(2-6(4-14)17-5)18(15,16)9-3-8-10-12-13-11-8/h2,9,14H,3-4H2,1H3,(H,10,11,12,13). The zero-order valence-corrected chi connectivity index (χ0v) is 10.2. The molecule has 0 radical (unpaired) electrons. The van der Waals surface area contributed by atoms with Crippen LogP contribution < -0.4 is 4.72 Å². The van der Waals surface area contributed by atoms with Crippen LogP contribution in [0.1, 0.15) is 17.3 Å². The molecule has 0 aliphatic carbocycles. The van der Waals surface area contributed by atoms with Crippen LogP contribution in [0.2, 0.25) is 0 Å². The van der Waals surface area contributed by atoms with E-state index >= 15 is 0 Å². The molecule has 0 unspecified atom stereocenters. The lowest BCUT2D eigenvalue weighted by Crippen LogP contribution is -2.24. The highest BCUT2D eigenvalue weighted by Crippen LogP contribution is 2.19. The highest BCUT2D eigenvalue weighted by Gasteiger charge is 2.21. The van der Waals surface area contributed by atoms with Gasteiger partial charge in [-0.05, 0) is 6.92 Å². The molecule has 0 fully saturated rings. The zero-order chi connectivity index (χ0) is 13.2. The average molecular weight is 273 g/mol. The van der Waals surface area contributed by atoms with Crippen LogP contribution in [0.25, 0.3) is 0 Å². The Morgan fingerprint density at radius 2 is 2.33 bits per heavy atom. The van der Waals surface area contributed by atoms with E-state index in [1.54, 1.807) is 0 Å². The first kappa shape index (κ1) is 12.7. The molecule has 2 aromatic heterocycles. The third-order valence-corrected chi connectivity index (χ3v) is 3.69. The van der Waals surface area contributed by atoms with Gasteiger partial charge in [-0.1, -0.05) is 5.21 Å². The number of hydrogen-bond donors (Lipinski definition) is 3. The molecule has 0 aliphatic heterocycles. The Hall–Kier alpha value is -1.78. The molecule has 2 heterocycles. The monoisotopic (exact) mass is 273 g/mol. The van der Waals surface area contributed by atoms with Gasteiger partial charge in [0.15, 0.2) is 5.82 Å². The summed E-state index contributed by atoms with van der Waals surface area (Å²) >= 11 is 0. The molecular formula is C8H11N5O4S. The second-order valence-corrected chi connectivity index (χ2v) is 5.18. The molecule has 0 aromatic carbocycles. The number of rotatable bonds is 5. The summed E-state index contributed by atoms with van der Waals surface area (Å²) in [4.78, 5) is -0.0185. The first-order chi connectivity index (χ1) is 8.53. The molecule has 9 nitrogen and oxygen atoms in total. The molecule has 0 bridgehead atoms. The number of aliphatic hydroxyl groups excluding tert-OH is 1. The van der Waals surface area contributed by atoms with E-state index < -0.39 is 10.0 Å². The Morgan fingerprint density at radius 1 is 1.56 bits per heavy atom. The maximum atomic E-state index is 11.9. The Balaban J connectivity index is 2.17. The number of H-pyrrole nitrogens is 1. The van der Waals surface area contributed by atoms with E-state index in [2.05, 4.69) is 25.3 Å². The maximum absolute atomic E-state index is 11.9. The van der Waals surface area contributed by atoms with Crippen LogP contribution in [0.4, 0.5) is 0 Å². The van der Waals surface area contributed by atoms with E-state index in [4.69, 9.17) is 9.52 Å². The van der Waals surface area contributed by atoms with Gasteiger partial charge in [-0.15, -0.1) is 10.2 Å². The molecule has 0 saturated carbocycles. The lowest BCUT2D eigenvalue weighted by atomic mass is 10.4. The Bertz CT molecular complexity index is 618. The van der Waals surface area contributed by atoms with Gasteiger partial charge < -0.3 is 9.52 Å². The number of aromatic amines is 1. The molecular weight excluding hydrogens is 262 g/mol. The summed E-state index contributed by atoms with van der Waals surface area (Å²) in [5.74, 6) is 0.620. The maximum Gasteiger partial charge on any atom is 0.244 e. The summed E-state index contributed by atoms with van der Waals surface area (Å²) in [5.41, 5.74) is 0. The van der Waals surface area contributed by atoms with Gasteiger partial charge in [0.25, 0.3) is 0 Å². The molecule has 98 valence electrons. The van der Waals surface area contributed by atoms with E-state index in [1.165, 1.54) is 13.0 Å². The van der Waals surface area contributed by atoms with Gasteiger partial charge in [0, 0.05) is 6.07 Å². The van der Waals surface area contributed by atoms with Crippen molar-refractivity contribution in [2.75, 3.05) is 0 Å². The summed E-state index contributed by atoms with van der Waals surface area (Å²) in [6, 6.07) is 1.27. The number of aliphatic hydroxyl groups is 1. The first-order valence-corrected chi connectivity index (χ1v) is 6.43. The molecule has 2 rings (SSSR count). The van der Waals surface area contributed by atoms with Crippen molar-refractivity contribution < 1.29 is 17.9 Å². The lowest BCUT2D eigenvalue weighted by Gasteiger charge is -2.02.